The Morgan fingerprint density at radius 3 is 2.44 bits per heavy atom. The summed E-state index contributed by atoms with van der Waals surface area (Å²) < 4.78 is -0.574. The van der Waals surface area contributed by atoms with Crippen LogP contribution in [0.2, 0.25) is 0 Å². The van der Waals surface area contributed by atoms with E-state index in [2.05, 4.69) is 5.32 Å². The van der Waals surface area contributed by atoms with E-state index in [0.717, 1.165) is 0 Å². The molecule has 2 fully saturated rings. The Hall–Kier alpha value is -2.06. The van der Waals surface area contributed by atoms with Crippen LogP contribution < -0.4 is 11.1 Å². The molecule has 2 aliphatic rings. The second-order valence-electron chi connectivity index (χ2n) is 6.99. The lowest BCUT2D eigenvalue weighted by Crippen LogP contribution is -2.64. The zero-order valence-corrected chi connectivity index (χ0v) is 14.6. The molecule has 5 N–H and O–H groups in total. The van der Waals surface area contributed by atoms with E-state index in [1.807, 2.05) is 13.8 Å². The number of fused-ring (bicyclic) bond motifs is 1. The molecule has 0 aromatic heterocycles. The number of phenolic OH excluding ortho intramolecular Hbond substituents is 1. The van der Waals surface area contributed by atoms with Gasteiger partial charge in [-0.2, -0.15) is 0 Å². The lowest BCUT2D eigenvalue weighted by Gasteiger charge is -2.39. The standard InChI is InChI=1S/C17H20N2O5S/c1-17(2)10(16(23)24)9-13(21)12(14(9)25-17)19-15(22)11(18)7-3-5-8(20)6-4-7/h3-6,9-12,14,20H,18H2,1-2H3,(H,19,22)(H,23,24)/t9-,10+,11-,12-,14+/m0/s1. The number of thioether (sulfide) groups is 1. The second kappa shape index (κ2) is 6.03. The largest absolute Gasteiger partial charge is 0.508 e. The Morgan fingerprint density at radius 2 is 1.88 bits per heavy atom. The SMILES string of the molecule is CC1(C)S[C@@H]2[C@H](C(=O)[C@@H]2NC(=O)[C@@H](N)c2ccc(O)cc2)[C@@H]1C(=O)O. The van der Waals surface area contributed by atoms with Gasteiger partial charge < -0.3 is 21.3 Å². The molecule has 1 saturated carbocycles. The van der Waals surface area contributed by atoms with Gasteiger partial charge in [0, 0.05) is 15.9 Å². The Morgan fingerprint density at radius 1 is 1.28 bits per heavy atom. The molecule has 5 atom stereocenters. The van der Waals surface area contributed by atoms with Crippen LogP contribution in [0.1, 0.15) is 25.5 Å². The highest BCUT2D eigenvalue weighted by Gasteiger charge is 2.66. The minimum Gasteiger partial charge on any atom is -0.508 e. The van der Waals surface area contributed by atoms with Crippen molar-refractivity contribution in [2.75, 3.05) is 0 Å². The number of Topliss-reactive ketones (excluding diaryl/α,β-unsaturated/α-hetero) is 1. The van der Waals surface area contributed by atoms with Gasteiger partial charge in [0.05, 0.1) is 5.92 Å². The van der Waals surface area contributed by atoms with E-state index in [4.69, 9.17) is 5.73 Å². The quantitative estimate of drug-likeness (QED) is 0.618. The molecule has 134 valence electrons. The van der Waals surface area contributed by atoms with Crippen LogP contribution in [-0.2, 0) is 14.4 Å². The Bertz CT molecular complexity index is 733. The lowest BCUT2D eigenvalue weighted by atomic mass is 9.67. The van der Waals surface area contributed by atoms with Crippen molar-refractivity contribution < 1.29 is 24.6 Å². The van der Waals surface area contributed by atoms with Gasteiger partial charge in [0.25, 0.3) is 0 Å². The molecule has 0 bridgehead atoms. The maximum atomic E-state index is 12.4. The number of aromatic hydroxyl groups is 1. The zero-order chi connectivity index (χ0) is 18.5. The summed E-state index contributed by atoms with van der Waals surface area (Å²) in [5.41, 5.74) is 6.44. The van der Waals surface area contributed by atoms with Crippen LogP contribution in [0, 0.1) is 11.8 Å². The van der Waals surface area contributed by atoms with Crippen molar-refractivity contribution >= 4 is 29.4 Å². The first-order chi connectivity index (χ1) is 11.6. The number of carbonyl (C=O) groups is 3. The van der Waals surface area contributed by atoms with Crippen LogP contribution in [0.25, 0.3) is 0 Å². The van der Waals surface area contributed by atoms with Crippen molar-refractivity contribution in [3.05, 3.63) is 29.8 Å². The maximum Gasteiger partial charge on any atom is 0.308 e. The zero-order valence-electron chi connectivity index (χ0n) is 13.8. The molecule has 1 aromatic carbocycles. The van der Waals surface area contributed by atoms with Crippen LogP contribution in [-0.4, -0.2) is 43.9 Å². The molecule has 25 heavy (non-hydrogen) atoms. The normalized spacial score (nSPS) is 30.9. The summed E-state index contributed by atoms with van der Waals surface area (Å²) in [7, 11) is 0. The van der Waals surface area contributed by atoms with E-state index < -0.39 is 40.5 Å². The van der Waals surface area contributed by atoms with E-state index in [1.165, 1.54) is 23.9 Å². The molecule has 8 heteroatoms. The van der Waals surface area contributed by atoms with Crippen molar-refractivity contribution in [1.29, 1.82) is 0 Å². The molecule has 0 spiro atoms. The Balaban J connectivity index is 1.70. The number of aliphatic carboxylic acids is 1. The molecule has 3 rings (SSSR count). The number of amides is 1. The fraction of sp³-hybridized carbons (Fsp3) is 0.471. The predicted molar refractivity (Wildman–Crippen MR) is 92.0 cm³/mol. The summed E-state index contributed by atoms with van der Waals surface area (Å²) >= 11 is 1.43. The average molecular weight is 364 g/mol. The van der Waals surface area contributed by atoms with Crippen LogP contribution >= 0.6 is 11.8 Å². The highest BCUT2D eigenvalue weighted by Crippen LogP contribution is 2.57. The molecule has 1 saturated heterocycles. The summed E-state index contributed by atoms with van der Waals surface area (Å²) in [5.74, 6) is -3.00. The molecular weight excluding hydrogens is 344 g/mol. The van der Waals surface area contributed by atoms with E-state index in [-0.39, 0.29) is 16.8 Å². The summed E-state index contributed by atoms with van der Waals surface area (Å²) in [6.07, 6.45) is 0. The van der Waals surface area contributed by atoms with Gasteiger partial charge in [0.2, 0.25) is 5.91 Å². The lowest BCUT2D eigenvalue weighted by molar-refractivity contribution is -0.151. The van der Waals surface area contributed by atoms with Gasteiger partial charge in [0.15, 0.2) is 5.78 Å². The smallest absolute Gasteiger partial charge is 0.308 e. The number of ketones is 1. The van der Waals surface area contributed by atoms with E-state index in [9.17, 15) is 24.6 Å². The third-order valence-corrected chi connectivity index (χ3v) is 6.66. The molecular formula is C17H20N2O5S. The van der Waals surface area contributed by atoms with Gasteiger partial charge in [-0.25, -0.2) is 0 Å². The average Bonchev–Trinajstić information content (AvgIpc) is 2.80. The molecule has 0 radical (unpaired) electrons. The molecule has 1 amide bonds. The van der Waals surface area contributed by atoms with E-state index in [1.54, 1.807) is 12.1 Å². The first-order valence-electron chi connectivity index (χ1n) is 7.92. The summed E-state index contributed by atoms with van der Waals surface area (Å²) in [6.45, 7) is 3.62. The molecule has 0 unspecified atom stereocenters. The van der Waals surface area contributed by atoms with E-state index in [0.29, 0.717) is 5.56 Å². The number of carboxylic acid groups (broad SMARTS) is 1. The van der Waals surface area contributed by atoms with Gasteiger partial charge in [-0.15, -0.1) is 11.8 Å². The third kappa shape index (κ3) is 2.89. The Labute approximate surface area is 149 Å². The van der Waals surface area contributed by atoms with Gasteiger partial charge in [-0.1, -0.05) is 12.1 Å². The van der Waals surface area contributed by atoms with Crippen molar-refractivity contribution in [2.24, 2.45) is 17.6 Å². The Kier molecular flexibility index (Phi) is 4.28. The number of hydrogen-bond acceptors (Lipinski definition) is 6. The molecule has 1 aliphatic carbocycles. The topological polar surface area (TPSA) is 130 Å². The van der Waals surface area contributed by atoms with Gasteiger partial charge in [0.1, 0.15) is 17.8 Å². The van der Waals surface area contributed by atoms with Crippen LogP contribution in [0.5, 0.6) is 5.75 Å². The van der Waals surface area contributed by atoms with Crippen molar-refractivity contribution in [3.63, 3.8) is 0 Å². The fourth-order valence-electron chi connectivity index (χ4n) is 3.65. The number of phenols is 1. The summed E-state index contributed by atoms with van der Waals surface area (Å²) in [5, 5.41) is 21.1. The molecule has 1 heterocycles. The summed E-state index contributed by atoms with van der Waals surface area (Å²) in [6, 6.07) is 4.26. The first-order valence-corrected chi connectivity index (χ1v) is 8.80. The molecule has 7 nitrogen and oxygen atoms in total. The van der Waals surface area contributed by atoms with Crippen molar-refractivity contribution in [2.45, 2.75) is 35.9 Å². The highest BCUT2D eigenvalue weighted by molar-refractivity contribution is 8.01. The number of nitrogens with two attached hydrogens (primary N) is 1. The maximum absolute atomic E-state index is 12.4. The van der Waals surface area contributed by atoms with Crippen LogP contribution in [0.15, 0.2) is 24.3 Å². The van der Waals surface area contributed by atoms with Crippen molar-refractivity contribution in [3.8, 4) is 5.75 Å². The molecule has 1 aromatic rings. The fourth-order valence-corrected chi connectivity index (χ4v) is 5.52. The van der Waals surface area contributed by atoms with Crippen LogP contribution in [0.3, 0.4) is 0 Å². The monoisotopic (exact) mass is 364 g/mol. The first kappa shape index (κ1) is 17.8. The number of hydrogen-bond donors (Lipinski definition) is 4. The van der Waals surface area contributed by atoms with E-state index >= 15 is 0 Å². The van der Waals surface area contributed by atoms with Gasteiger partial charge >= 0.3 is 5.97 Å². The number of carboxylic acids is 1. The second-order valence-corrected chi connectivity index (χ2v) is 8.82. The molecule has 1 aliphatic heterocycles. The predicted octanol–water partition coefficient (Wildman–Crippen LogP) is 0.670. The number of rotatable bonds is 4. The number of nitrogens with one attached hydrogen (secondary N) is 1. The minimum atomic E-state index is -0.982. The number of carbonyl (C=O) groups excluding carboxylic acids is 2. The third-order valence-electron chi connectivity index (χ3n) is 4.96. The highest BCUT2D eigenvalue weighted by atomic mass is 32.2. The van der Waals surface area contributed by atoms with Crippen molar-refractivity contribution in [1.82, 2.24) is 5.32 Å². The summed E-state index contributed by atoms with van der Waals surface area (Å²) in [4.78, 5) is 36.3. The van der Waals surface area contributed by atoms with Gasteiger partial charge in [-0.05, 0) is 31.5 Å². The minimum absolute atomic E-state index is 0.0673. The van der Waals surface area contributed by atoms with Gasteiger partial charge in [-0.3, -0.25) is 14.4 Å². The van der Waals surface area contributed by atoms with Crippen LogP contribution in [0.4, 0.5) is 0 Å². The number of benzene rings is 1.